The summed E-state index contributed by atoms with van der Waals surface area (Å²) in [5, 5.41) is 2.76. The Morgan fingerprint density at radius 3 is 2.45 bits per heavy atom. The Balaban J connectivity index is 1.43. The van der Waals surface area contributed by atoms with Crippen LogP contribution in [0.15, 0.2) is 24.4 Å². The molecule has 2 aliphatic heterocycles. The first kappa shape index (κ1) is 19.2. The van der Waals surface area contributed by atoms with Gasteiger partial charge in [0.1, 0.15) is 11.6 Å². The third-order valence-corrected chi connectivity index (χ3v) is 5.49. The smallest absolute Gasteiger partial charge is 0.323 e. The number of nitrogens with one attached hydrogen (secondary N) is 1. The summed E-state index contributed by atoms with van der Waals surface area (Å²) < 4.78 is 0. The van der Waals surface area contributed by atoms with Crippen LogP contribution in [0.3, 0.4) is 0 Å². The number of carbonyl (C=O) groups is 2. The Bertz CT molecular complexity index is 952. The number of nitrogens with zero attached hydrogens (tertiary/aromatic N) is 5. The number of anilines is 2. The van der Waals surface area contributed by atoms with Crippen molar-refractivity contribution >= 4 is 23.6 Å². The highest BCUT2D eigenvalue weighted by atomic mass is 16.2. The van der Waals surface area contributed by atoms with Crippen LogP contribution < -0.4 is 15.1 Å². The Hall–Kier alpha value is -3.16. The fraction of sp³-hybridized carbons (Fsp3) is 0.429. The molecule has 0 radical (unpaired) electrons. The monoisotopic (exact) mass is 394 g/mol. The van der Waals surface area contributed by atoms with Gasteiger partial charge in [0.05, 0.1) is 11.3 Å². The molecule has 0 spiro atoms. The lowest BCUT2D eigenvalue weighted by Crippen LogP contribution is -2.49. The molecule has 0 aliphatic carbocycles. The molecular formula is C21H26N6O2. The molecule has 2 saturated heterocycles. The van der Waals surface area contributed by atoms with E-state index in [0.717, 1.165) is 30.0 Å². The van der Waals surface area contributed by atoms with Gasteiger partial charge < -0.3 is 15.1 Å². The number of rotatable bonds is 3. The van der Waals surface area contributed by atoms with Crippen LogP contribution in [-0.4, -0.2) is 66.1 Å². The first-order valence-corrected chi connectivity index (χ1v) is 9.94. The molecule has 2 aromatic rings. The van der Waals surface area contributed by atoms with Crippen molar-refractivity contribution in [3.8, 4) is 0 Å². The van der Waals surface area contributed by atoms with E-state index in [1.807, 2.05) is 24.9 Å². The first-order valence-electron chi connectivity index (χ1n) is 9.94. The normalized spacial score (nSPS) is 16.9. The SMILES string of the molecule is Cc1cnc(N2CCN(C(=O)c3ccc(N4CCNC4=O)nc3C)CC2)c(C)c1. The van der Waals surface area contributed by atoms with E-state index >= 15 is 0 Å². The molecule has 0 aromatic carbocycles. The van der Waals surface area contributed by atoms with E-state index in [4.69, 9.17) is 0 Å². The standard InChI is InChI=1S/C21H26N6O2/c1-14-12-15(2)19(23-13-14)25-8-10-26(11-9-25)20(28)17-4-5-18(24-16(17)3)27-7-6-22-21(27)29/h4-5,12-13H,6-11H2,1-3H3,(H,22,29). The van der Waals surface area contributed by atoms with Gasteiger partial charge in [-0.1, -0.05) is 6.07 Å². The van der Waals surface area contributed by atoms with Crippen LogP contribution in [0.4, 0.5) is 16.4 Å². The fourth-order valence-electron chi connectivity index (χ4n) is 3.95. The van der Waals surface area contributed by atoms with Gasteiger partial charge in [-0.15, -0.1) is 0 Å². The summed E-state index contributed by atoms with van der Waals surface area (Å²) in [6, 6.07) is 5.52. The minimum atomic E-state index is -0.146. The predicted octanol–water partition coefficient (Wildman–Crippen LogP) is 1.89. The van der Waals surface area contributed by atoms with E-state index in [1.165, 1.54) is 0 Å². The van der Waals surface area contributed by atoms with Crippen LogP contribution in [0.2, 0.25) is 0 Å². The number of urea groups is 1. The topological polar surface area (TPSA) is 81.7 Å². The summed E-state index contributed by atoms with van der Waals surface area (Å²) in [6.45, 7) is 9.92. The highest BCUT2D eigenvalue weighted by Crippen LogP contribution is 2.22. The molecule has 8 heteroatoms. The van der Waals surface area contributed by atoms with E-state index in [1.54, 1.807) is 17.0 Å². The maximum absolute atomic E-state index is 13.0. The number of aryl methyl sites for hydroxylation is 3. The average molecular weight is 394 g/mol. The minimum Gasteiger partial charge on any atom is -0.353 e. The average Bonchev–Trinajstić information content (AvgIpc) is 3.13. The van der Waals surface area contributed by atoms with Gasteiger partial charge in [0, 0.05) is 45.5 Å². The van der Waals surface area contributed by atoms with Gasteiger partial charge in [-0.3, -0.25) is 9.69 Å². The van der Waals surface area contributed by atoms with Crippen LogP contribution in [-0.2, 0) is 0 Å². The highest BCUT2D eigenvalue weighted by Gasteiger charge is 2.27. The third-order valence-electron chi connectivity index (χ3n) is 5.49. The van der Waals surface area contributed by atoms with Crippen molar-refractivity contribution in [1.82, 2.24) is 20.2 Å². The number of hydrogen-bond acceptors (Lipinski definition) is 5. The highest BCUT2D eigenvalue weighted by molar-refractivity contribution is 5.97. The van der Waals surface area contributed by atoms with Gasteiger partial charge >= 0.3 is 6.03 Å². The quantitative estimate of drug-likeness (QED) is 0.860. The minimum absolute atomic E-state index is 0.0133. The van der Waals surface area contributed by atoms with Crippen molar-refractivity contribution in [1.29, 1.82) is 0 Å². The molecule has 2 aliphatic rings. The summed E-state index contributed by atoms with van der Waals surface area (Å²) in [5.74, 6) is 1.56. The van der Waals surface area contributed by atoms with Crippen LogP contribution in [0.25, 0.3) is 0 Å². The molecule has 29 heavy (non-hydrogen) atoms. The largest absolute Gasteiger partial charge is 0.353 e. The lowest BCUT2D eigenvalue weighted by atomic mass is 10.1. The molecule has 3 amide bonds. The molecule has 2 fully saturated rings. The van der Waals surface area contributed by atoms with Gasteiger partial charge in [0.15, 0.2) is 0 Å². The second-order valence-corrected chi connectivity index (χ2v) is 7.62. The molecule has 8 nitrogen and oxygen atoms in total. The van der Waals surface area contributed by atoms with Crippen molar-refractivity contribution in [2.45, 2.75) is 20.8 Å². The van der Waals surface area contributed by atoms with Crippen LogP contribution >= 0.6 is 0 Å². The summed E-state index contributed by atoms with van der Waals surface area (Å²) >= 11 is 0. The Morgan fingerprint density at radius 1 is 1.07 bits per heavy atom. The molecular weight excluding hydrogens is 368 g/mol. The molecule has 2 aromatic heterocycles. The van der Waals surface area contributed by atoms with E-state index in [2.05, 4.69) is 33.2 Å². The van der Waals surface area contributed by atoms with Crippen molar-refractivity contribution in [2.75, 3.05) is 49.1 Å². The summed E-state index contributed by atoms with van der Waals surface area (Å²) in [4.78, 5) is 39.6. The first-order chi connectivity index (χ1) is 13.9. The molecule has 152 valence electrons. The molecule has 0 unspecified atom stereocenters. The van der Waals surface area contributed by atoms with Gasteiger partial charge in [0.2, 0.25) is 0 Å². The number of amides is 3. The predicted molar refractivity (Wildman–Crippen MR) is 112 cm³/mol. The molecule has 4 heterocycles. The Kier molecular flexibility index (Phi) is 5.08. The number of carbonyl (C=O) groups excluding carboxylic acids is 2. The van der Waals surface area contributed by atoms with Gasteiger partial charge in [-0.05, 0) is 44.0 Å². The van der Waals surface area contributed by atoms with E-state index in [9.17, 15) is 9.59 Å². The number of pyridine rings is 2. The van der Waals surface area contributed by atoms with Crippen LogP contribution in [0.5, 0.6) is 0 Å². The van der Waals surface area contributed by atoms with E-state index < -0.39 is 0 Å². The van der Waals surface area contributed by atoms with Crippen molar-refractivity contribution in [3.05, 3.63) is 46.8 Å². The zero-order valence-electron chi connectivity index (χ0n) is 17.1. The van der Waals surface area contributed by atoms with E-state index in [-0.39, 0.29) is 11.9 Å². The molecule has 4 rings (SSSR count). The summed E-state index contributed by atoms with van der Waals surface area (Å²) in [7, 11) is 0. The zero-order valence-corrected chi connectivity index (χ0v) is 17.1. The molecule has 0 atom stereocenters. The van der Waals surface area contributed by atoms with Crippen molar-refractivity contribution in [2.24, 2.45) is 0 Å². The molecule has 0 saturated carbocycles. The zero-order chi connectivity index (χ0) is 20.5. The van der Waals surface area contributed by atoms with E-state index in [0.29, 0.717) is 43.3 Å². The number of hydrogen-bond donors (Lipinski definition) is 1. The second-order valence-electron chi connectivity index (χ2n) is 7.62. The maximum atomic E-state index is 13.0. The Morgan fingerprint density at radius 2 is 1.83 bits per heavy atom. The van der Waals surface area contributed by atoms with Gasteiger partial charge in [-0.25, -0.2) is 14.8 Å². The lowest BCUT2D eigenvalue weighted by Gasteiger charge is -2.36. The third kappa shape index (κ3) is 3.74. The summed E-state index contributed by atoms with van der Waals surface area (Å²) in [6.07, 6.45) is 1.89. The number of piperazine rings is 1. The molecule has 0 bridgehead atoms. The fourth-order valence-corrected chi connectivity index (χ4v) is 3.95. The van der Waals surface area contributed by atoms with Gasteiger partial charge in [0.25, 0.3) is 5.91 Å². The van der Waals surface area contributed by atoms with Crippen LogP contribution in [0.1, 0.15) is 27.2 Å². The molecule has 1 N–H and O–H groups in total. The Labute approximate surface area is 170 Å². The summed E-state index contributed by atoms with van der Waals surface area (Å²) in [5.41, 5.74) is 3.54. The van der Waals surface area contributed by atoms with Gasteiger partial charge in [-0.2, -0.15) is 0 Å². The van der Waals surface area contributed by atoms with Crippen molar-refractivity contribution in [3.63, 3.8) is 0 Å². The van der Waals surface area contributed by atoms with Crippen molar-refractivity contribution < 1.29 is 9.59 Å². The number of aromatic nitrogens is 2. The second kappa shape index (κ2) is 7.69. The maximum Gasteiger partial charge on any atom is 0.323 e. The van der Waals surface area contributed by atoms with Crippen LogP contribution in [0, 0.1) is 20.8 Å². The lowest BCUT2D eigenvalue weighted by molar-refractivity contribution is 0.0745.